The van der Waals surface area contributed by atoms with E-state index in [2.05, 4.69) is 5.32 Å². The van der Waals surface area contributed by atoms with Gasteiger partial charge in [0.25, 0.3) is 0 Å². The summed E-state index contributed by atoms with van der Waals surface area (Å²) in [5.41, 5.74) is 0.915. The Morgan fingerprint density at radius 3 is 2.28 bits per heavy atom. The van der Waals surface area contributed by atoms with Crippen LogP contribution >= 0.6 is 23.2 Å². The highest BCUT2D eigenvalue weighted by Crippen LogP contribution is 2.35. The molecule has 3 rings (SSSR count). The van der Waals surface area contributed by atoms with Crippen LogP contribution in [0, 0.1) is 0 Å². The molecule has 1 N–H and O–H groups in total. The van der Waals surface area contributed by atoms with Gasteiger partial charge in [0.1, 0.15) is 25.8 Å². The molecule has 0 spiro atoms. The van der Waals surface area contributed by atoms with Crippen LogP contribution < -0.4 is 19.1 Å². The molecule has 0 bridgehead atoms. The van der Waals surface area contributed by atoms with Crippen LogP contribution in [0.3, 0.4) is 0 Å². The van der Waals surface area contributed by atoms with E-state index in [9.17, 15) is 18.0 Å². The quantitative estimate of drug-likeness (QED) is 0.381. The van der Waals surface area contributed by atoms with E-state index in [0.29, 0.717) is 46.7 Å². The third kappa shape index (κ3) is 7.70. The number of halogens is 2. The Labute approximate surface area is 240 Å². The van der Waals surface area contributed by atoms with Crippen molar-refractivity contribution in [2.75, 3.05) is 29.8 Å². The third-order valence-electron chi connectivity index (χ3n) is 6.52. The van der Waals surface area contributed by atoms with Crippen molar-refractivity contribution in [1.29, 1.82) is 0 Å². The van der Waals surface area contributed by atoms with E-state index in [1.54, 1.807) is 43.3 Å². The van der Waals surface area contributed by atoms with Crippen molar-refractivity contribution in [3.63, 3.8) is 0 Å². The Kier molecular flexibility index (Phi) is 10.7. The van der Waals surface area contributed by atoms with Crippen LogP contribution in [0.1, 0.15) is 46.1 Å². The lowest BCUT2D eigenvalue weighted by Gasteiger charge is -2.34. The Morgan fingerprint density at radius 1 is 0.974 bits per heavy atom. The van der Waals surface area contributed by atoms with Crippen LogP contribution in [-0.4, -0.2) is 62.7 Å². The molecule has 214 valence electrons. The number of fused-ring (bicyclic) bond motifs is 1. The first-order valence-electron chi connectivity index (χ1n) is 12.9. The summed E-state index contributed by atoms with van der Waals surface area (Å²) in [6.45, 7) is 7.38. The summed E-state index contributed by atoms with van der Waals surface area (Å²) in [6, 6.07) is 8.77. The molecular formula is C27H35Cl2N3O6S. The number of ether oxygens (including phenoxy) is 2. The molecule has 1 aliphatic heterocycles. The van der Waals surface area contributed by atoms with Crippen molar-refractivity contribution in [2.24, 2.45) is 0 Å². The van der Waals surface area contributed by atoms with Gasteiger partial charge in [-0.05, 0) is 56.5 Å². The van der Waals surface area contributed by atoms with Crippen molar-refractivity contribution in [3.05, 3.63) is 52.0 Å². The summed E-state index contributed by atoms with van der Waals surface area (Å²) in [5.74, 6) is -0.190. The number of nitrogens with one attached hydrogen (secondary N) is 1. The number of amides is 2. The molecular weight excluding hydrogens is 565 g/mol. The van der Waals surface area contributed by atoms with Crippen molar-refractivity contribution < 1.29 is 27.5 Å². The summed E-state index contributed by atoms with van der Waals surface area (Å²) >= 11 is 12.3. The topological polar surface area (TPSA) is 105 Å². The molecule has 9 nitrogen and oxygen atoms in total. The fraction of sp³-hybridized carbons (Fsp3) is 0.481. The molecule has 0 radical (unpaired) electrons. The van der Waals surface area contributed by atoms with Crippen molar-refractivity contribution in [2.45, 2.75) is 59.2 Å². The summed E-state index contributed by atoms with van der Waals surface area (Å²) in [4.78, 5) is 28.6. The Balaban J connectivity index is 2.00. The zero-order valence-corrected chi connectivity index (χ0v) is 24.9. The van der Waals surface area contributed by atoms with Gasteiger partial charge in [-0.1, -0.05) is 43.1 Å². The lowest BCUT2D eigenvalue weighted by Crippen LogP contribution is -2.53. The number of hydrogen-bond donors (Lipinski definition) is 1. The fourth-order valence-electron chi connectivity index (χ4n) is 4.10. The van der Waals surface area contributed by atoms with Gasteiger partial charge in [0, 0.05) is 18.7 Å². The molecule has 2 atom stereocenters. The van der Waals surface area contributed by atoms with Crippen LogP contribution in [-0.2, 0) is 26.2 Å². The zero-order valence-electron chi connectivity index (χ0n) is 22.6. The molecule has 1 heterocycles. The molecule has 1 aliphatic rings. The maximum absolute atomic E-state index is 13.9. The minimum absolute atomic E-state index is 0.0311. The monoisotopic (exact) mass is 599 g/mol. The molecule has 0 aliphatic carbocycles. The number of carbonyl (C=O) groups excluding carboxylic acids is 2. The van der Waals surface area contributed by atoms with E-state index >= 15 is 0 Å². The summed E-state index contributed by atoms with van der Waals surface area (Å²) in [5, 5.41) is 3.61. The van der Waals surface area contributed by atoms with E-state index in [-0.39, 0.29) is 29.9 Å². The normalized spacial score (nSPS) is 14.3. The number of hydrogen-bond acceptors (Lipinski definition) is 6. The van der Waals surface area contributed by atoms with Crippen molar-refractivity contribution in [3.8, 4) is 11.5 Å². The third-order valence-corrected chi connectivity index (χ3v) is 9.00. The molecule has 0 saturated heterocycles. The number of carbonyl (C=O) groups is 2. The van der Waals surface area contributed by atoms with Gasteiger partial charge >= 0.3 is 0 Å². The largest absolute Gasteiger partial charge is 0.486 e. The average molecular weight is 601 g/mol. The molecule has 0 unspecified atom stereocenters. The molecule has 2 aromatic carbocycles. The number of nitrogens with zero attached hydrogens (tertiary/aromatic N) is 2. The summed E-state index contributed by atoms with van der Waals surface area (Å²) < 4.78 is 38.6. The standard InChI is InChI=1S/C27H35Cl2N3O6S/c1-5-18(4)30-27(34)23(6-2)31(16-19-8-10-21(28)22(29)14-19)26(33)17-32(39(35,36)7-3)20-9-11-24-25(15-20)38-13-12-37-24/h8-11,14-15,18,23H,5-7,12-13,16-17H2,1-4H3,(H,30,34)/t18-,23+/m0/s1. The van der Waals surface area contributed by atoms with Gasteiger partial charge in [-0.25, -0.2) is 8.42 Å². The lowest BCUT2D eigenvalue weighted by atomic mass is 10.1. The highest BCUT2D eigenvalue weighted by molar-refractivity contribution is 7.92. The Bertz CT molecular complexity index is 1290. The van der Waals surface area contributed by atoms with Gasteiger partial charge < -0.3 is 19.7 Å². The zero-order chi connectivity index (χ0) is 28.7. The van der Waals surface area contributed by atoms with E-state index < -0.39 is 28.5 Å². The van der Waals surface area contributed by atoms with E-state index in [1.807, 2.05) is 13.8 Å². The fourth-order valence-corrected chi connectivity index (χ4v) is 5.48. The molecule has 0 fully saturated rings. The smallest absolute Gasteiger partial charge is 0.244 e. The predicted molar refractivity (Wildman–Crippen MR) is 153 cm³/mol. The highest BCUT2D eigenvalue weighted by atomic mass is 35.5. The van der Waals surface area contributed by atoms with Crippen LogP contribution in [0.15, 0.2) is 36.4 Å². The second kappa shape index (κ2) is 13.6. The van der Waals surface area contributed by atoms with E-state index in [0.717, 1.165) is 10.7 Å². The van der Waals surface area contributed by atoms with E-state index in [4.69, 9.17) is 32.7 Å². The number of rotatable bonds is 12. The lowest BCUT2D eigenvalue weighted by molar-refractivity contribution is -0.140. The first-order valence-corrected chi connectivity index (χ1v) is 15.3. The summed E-state index contributed by atoms with van der Waals surface area (Å²) in [6.07, 6.45) is 1.04. The van der Waals surface area contributed by atoms with Crippen LogP contribution in [0.5, 0.6) is 11.5 Å². The van der Waals surface area contributed by atoms with Crippen molar-refractivity contribution in [1.82, 2.24) is 10.2 Å². The highest BCUT2D eigenvalue weighted by Gasteiger charge is 2.33. The molecule has 0 saturated carbocycles. The maximum atomic E-state index is 13.9. The average Bonchev–Trinajstić information content (AvgIpc) is 2.92. The Hall–Kier alpha value is -2.69. The minimum atomic E-state index is -3.88. The molecule has 0 aromatic heterocycles. The van der Waals surface area contributed by atoms with Gasteiger partial charge in [0.2, 0.25) is 21.8 Å². The summed E-state index contributed by atoms with van der Waals surface area (Å²) in [7, 11) is -3.88. The van der Waals surface area contributed by atoms with Gasteiger partial charge in [-0.2, -0.15) is 0 Å². The second-order valence-electron chi connectivity index (χ2n) is 9.25. The predicted octanol–water partition coefficient (Wildman–Crippen LogP) is 4.64. The first kappa shape index (κ1) is 30.8. The molecule has 39 heavy (non-hydrogen) atoms. The van der Waals surface area contributed by atoms with Crippen molar-refractivity contribution >= 4 is 50.7 Å². The second-order valence-corrected chi connectivity index (χ2v) is 12.2. The van der Waals surface area contributed by atoms with Gasteiger partial charge in [0.15, 0.2) is 11.5 Å². The van der Waals surface area contributed by atoms with Gasteiger partial charge in [-0.15, -0.1) is 0 Å². The van der Waals surface area contributed by atoms with Crippen LogP contribution in [0.4, 0.5) is 5.69 Å². The first-order chi connectivity index (χ1) is 18.5. The molecule has 12 heteroatoms. The van der Waals surface area contributed by atoms with Gasteiger partial charge in [0.05, 0.1) is 21.5 Å². The number of sulfonamides is 1. The minimum Gasteiger partial charge on any atom is -0.486 e. The SMILES string of the molecule is CC[C@H](C(=O)N[C@@H](C)CC)N(Cc1ccc(Cl)c(Cl)c1)C(=O)CN(c1ccc2c(c1)OCCO2)S(=O)(=O)CC. The number of benzene rings is 2. The number of anilines is 1. The van der Waals surface area contributed by atoms with Gasteiger partial charge in [-0.3, -0.25) is 13.9 Å². The Morgan fingerprint density at radius 2 is 1.67 bits per heavy atom. The maximum Gasteiger partial charge on any atom is 0.244 e. The molecule has 2 aromatic rings. The molecule has 2 amide bonds. The van der Waals surface area contributed by atoms with Crippen LogP contribution in [0.2, 0.25) is 10.0 Å². The van der Waals surface area contributed by atoms with Crippen LogP contribution in [0.25, 0.3) is 0 Å². The van der Waals surface area contributed by atoms with E-state index in [1.165, 1.54) is 11.8 Å².